The Morgan fingerprint density at radius 3 is 1.14 bits per heavy atom. The molecule has 3 rings (SSSR count). The average Bonchev–Trinajstić information content (AvgIpc) is 2.95. The molecule has 3 N–H and O–H groups in total. The van der Waals surface area contributed by atoms with Crippen molar-refractivity contribution in [1.82, 2.24) is 0 Å². The van der Waals surface area contributed by atoms with Crippen LogP contribution < -0.4 is 0 Å². The molecule has 3 unspecified atom stereocenters. The van der Waals surface area contributed by atoms with E-state index in [0.29, 0.717) is 11.8 Å². The van der Waals surface area contributed by atoms with Gasteiger partial charge in [0, 0.05) is 0 Å². The third-order valence-electron chi connectivity index (χ3n) is 6.96. The van der Waals surface area contributed by atoms with Crippen molar-refractivity contribution in [2.75, 3.05) is 0 Å². The van der Waals surface area contributed by atoms with Gasteiger partial charge in [-0.15, -0.1) is 6.58 Å². The second-order valence-electron chi connectivity index (χ2n) is 8.96. The zero-order valence-corrected chi connectivity index (χ0v) is 26.7. The summed E-state index contributed by atoms with van der Waals surface area (Å²) in [4.78, 5) is 0. The first kappa shape index (κ1) is 42.4. The largest absolute Gasteiger partial charge is 0.393 e. The Morgan fingerprint density at radius 2 is 0.861 bits per heavy atom. The van der Waals surface area contributed by atoms with Crippen molar-refractivity contribution in [3.05, 3.63) is 24.8 Å². The van der Waals surface area contributed by atoms with Gasteiger partial charge in [0.05, 0.1) is 18.3 Å². The van der Waals surface area contributed by atoms with E-state index < -0.39 is 0 Å². The van der Waals surface area contributed by atoms with Crippen molar-refractivity contribution in [3.63, 3.8) is 0 Å². The van der Waals surface area contributed by atoms with Crippen LogP contribution in [-0.4, -0.2) is 33.6 Å². The topological polar surface area (TPSA) is 60.7 Å². The molecule has 3 fully saturated rings. The smallest absolute Gasteiger partial charge is 0.0546 e. The summed E-state index contributed by atoms with van der Waals surface area (Å²) in [5.41, 5.74) is 1.18. The maximum absolute atomic E-state index is 9.47. The van der Waals surface area contributed by atoms with Gasteiger partial charge in [-0.1, -0.05) is 87.5 Å². The highest BCUT2D eigenvalue weighted by Crippen LogP contribution is 2.38. The molecule has 0 bridgehead atoms. The zero-order chi connectivity index (χ0) is 29.1. The zero-order valence-electron chi connectivity index (χ0n) is 26.7. The number of aliphatic hydroxyl groups is 3. The monoisotopic (exact) mass is 515 g/mol. The Morgan fingerprint density at radius 1 is 0.556 bits per heavy atom. The maximum Gasteiger partial charge on any atom is 0.0546 e. The Hall–Kier alpha value is -0.640. The normalized spacial score (nSPS) is 30.3. The molecular formula is C33H70O3. The molecule has 36 heavy (non-hydrogen) atoms. The van der Waals surface area contributed by atoms with Gasteiger partial charge in [-0.05, 0) is 101 Å². The highest BCUT2D eigenvalue weighted by molar-refractivity contribution is 5.05. The van der Waals surface area contributed by atoms with Gasteiger partial charge >= 0.3 is 0 Å². The predicted molar refractivity (Wildman–Crippen MR) is 165 cm³/mol. The quantitative estimate of drug-likeness (QED) is 0.328. The number of aliphatic hydroxyl groups excluding tert-OH is 3. The SMILES string of the molecule is C=CC1CCC(O)CC1C(=C)C.CC.CC.CC.CC.CC.OC1CCC(C2CCC(O)CC2)CC1. The lowest BCUT2D eigenvalue weighted by Gasteiger charge is -2.35. The van der Waals surface area contributed by atoms with E-state index in [1.807, 2.05) is 82.2 Å². The van der Waals surface area contributed by atoms with Crippen LogP contribution in [0.2, 0.25) is 0 Å². The first-order valence-electron chi connectivity index (χ1n) is 15.7. The second-order valence-corrected chi connectivity index (χ2v) is 8.96. The lowest BCUT2D eigenvalue weighted by molar-refractivity contribution is 0.0543. The van der Waals surface area contributed by atoms with Crippen LogP contribution in [0.1, 0.15) is 147 Å². The first-order chi connectivity index (χ1) is 17.4. The lowest BCUT2D eigenvalue weighted by Crippen LogP contribution is -2.28. The van der Waals surface area contributed by atoms with Crippen molar-refractivity contribution in [2.24, 2.45) is 23.7 Å². The molecule has 0 amide bonds. The minimum Gasteiger partial charge on any atom is -0.393 e. The van der Waals surface area contributed by atoms with Crippen LogP contribution in [-0.2, 0) is 0 Å². The molecule has 220 valence electrons. The van der Waals surface area contributed by atoms with Crippen LogP contribution in [0.3, 0.4) is 0 Å². The van der Waals surface area contributed by atoms with E-state index in [1.165, 1.54) is 31.3 Å². The van der Waals surface area contributed by atoms with E-state index in [0.717, 1.165) is 56.8 Å². The molecule has 3 nitrogen and oxygen atoms in total. The summed E-state index contributed by atoms with van der Waals surface area (Å²) in [6.45, 7) is 29.8. The lowest BCUT2D eigenvalue weighted by atomic mass is 9.72. The number of allylic oxidation sites excluding steroid dienone is 2. The fourth-order valence-corrected chi connectivity index (χ4v) is 5.17. The number of hydrogen-bond donors (Lipinski definition) is 3. The van der Waals surface area contributed by atoms with Crippen LogP contribution in [0.4, 0.5) is 0 Å². The molecule has 0 heterocycles. The van der Waals surface area contributed by atoms with Crippen LogP contribution >= 0.6 is 0 Å². The van der Waals surface area contributed by atoms with E-state index >= 15 is 0 Å². The van der Waals surface area contributed by atoms with Gasteiger partial charge in [0.15, 0.2) is 0 Å². The molecule has 3 atom stereocenters. The third kappa shape index (κ3) is 19.5. The molecule has 0 aromatic rings. The molecule has 0 aromatic carbocycles. The summed E-state index contributed by atoms with van der Waals surface area (Å²) in [7, 11) is 0. The molecule has 0 radical (unpaired) electrons. The molecule has 3 saturated carbocycles. The molecule has 0 spiro atoms. The first-order valence-corrected chi connectivity index (χ1v) is 15.7. The number of hydrogen-bond acceptors (Lipinski definition) is 3. The highest BCUT2D eigenvalue weighted by atomic mass is 16.3. The molecular weight excluding hydrogens is 444 g/mol. The van der Waals surface area contributed by atoms with Crippen molar-refractivity contribution in [2.45, 2.75) is 165 Å². The molecule has 0 aliphatic heterocycles. The van der Waals surface area contributed by atoms with Gasteiger partial charge in [0.1, 0.15) is 0 Å². The van der Waals surface area contributed by atoms with Crippen molar-refractivity contribution in [1.29, 1.82) is 0 Å². The van der Waals surface area contributed by atoms with Crippen LogP contribution in [0.25, 0.3) is 0 Å². The standard InChI is InChI=1S/C12H22O2.C11H18O.5C2H6/c13-11-5-1-9(2-6-11)10-3-7-12(14)8-4-10;1-4-9-5-6-10(12)7-11(9)8(2)3;5*1-2/h9-14H,1-8H2;4,9-12H,1-2,5-7H2,3H3;5*1-2H3. The van der Waals surface area contributed by atoms with Gasteiger partial charge in [-0.25, -0.2) is 0 Å². The highest BCUT2D eigenvalue weighted by Gasteiger charge is 2.30. The van der Waals surface area contributed by atoms with Crippen LogP contribution in [0.5, 0.6) is 0 Å². The molecule has 0 saturated heterocycles. The summed E-state index contributed by atoms with van der Waals surface area (Å²) >= 11 is 0. The minimum absolute atomic E-state index is 0.0274. The van der Waals surface area contributed by atoms with E-state index in [1.54, 1.807) is 0 Å². The van der Waals surface area contributed by atoms with E-state index in [9.17, 15) is 15.3 Å². The summed E-state index contributed by atoms with van der Waals surface area (Å²) in [5.74, 6) is 2.66. The summed E-state index contributed by atoms with van der Waals surface area (Å²) < 4.78 is 0. The predicted octanol–water partition coefficient (Wildman–Crippen LogP) is 9.75. The second kappa shape index (κ2) is 30.6. The van der Waals surface area contributed by atoms with Crippen molar-refractivity contribution < 1.29 is 15.3 Å². The molecule has 3 heteroatoms. The van der Waals surface area contributed by atoms with Gasteiger partial charge in [0.25, 0.3) is 0 Å². The minimum atomic E-state index is -0.122. The van der Waals surface area contributed by atoms with Gasteiger partial charge in [-0.3, -0.25) is 0 Å². The van der Waals surface area contributed by atoms with Gasteiger partial charge < -0.3 is 15.3 Å². The van der Waals surface area contributed by atoms with E-state index in [4.69, 9.17) is 0 Å². The Labute approximate surface area is 228 Å². The summed E-state index contributed by atoms with van der Waals surface area (Å²) in [5, 5.41) is 28.3. The van der Waals surface area contributed by atoms with Crippen molar-refractivity contribution >= 4 is 0 Å². The average molecular weight is 515 g/mol. The molecule has 3 aliphatic rings. The number of rotatable bonds is 3. The van der Waals surface area contributed by atoms with Crippen LogP contribution in [0, 0.1) is 23.7 Å². The fraction of sp³-hybridized carbons (Fsp3) is 0.879. The summed E-state index contributed by atoms with van der Waals surface area (Å²) in [6.07, 6.45) is 13.5. The molecule has 3 aliphatic carbocycles. The summed E-state index contributed by atoms with van der Waals surface area (Å²) in [6, 6.07) is 0. The maximum atomic E-state index is 9.47. The Balaban J connectivity index is -0.000000213. The van der Waals surface area contributed by atoms with E-state index in [-0.39, 0.29) is 18.3 Å². The van der Waals surface area contributed by atoms with Gasteiger partial charge in [0.2, 0.25) is 0 Å². The third-order valence-corrected chi connectivity index (χ3v) is 6.96. The van der Waals surface area contributed by atoms with Crippen LogP contribution in [0.15, 0.2) is 24.8 Å². The van der Waals surface area contributed by atoms with Crippen molar-refractivity contribution in [3.8, 4) is 0 Å². The Bertz CT molecular complexity index is 412. The molecule has 0 aromatic heterocycles. The van der Waals surface area contributed by atoms with Gasteiger partial charge in [-0.2, -0.15) is 0 Å². The fourth-order valence-electron chi connectivity index (χ4n) is 5.17. The Kier molecular flexibility index (Phi) is 36.1. The van der Waals surface area contributed by atoms with E-state index in [2.05, 4.69) is 13.2 Å².